The molecule has 0 amide bonds. The van der Waals surface area contributed by atoms with Crippen LogP contribution >= 0.6 is 0 Å². The van der Waals surface area contributed by atoms with Crippen molar-refractivity contribution in [2.75, 3.05) is 0 Å². The van der Waals surface area contributed by atoms with E-state index in [1.807, 2.05) is 0 Å². The first-order valence-electron chi connectivity index (χ1n) is 0. The maximum Gasteiger partial charge on any atom is 0 e. The Morgan fingerprint density at radius 3 is 0.0175 bits per heavy atom. The minimum Gasteiger partial charge on any atom is 0 e. The Morgan fingerprint density at radius 1 is 0.0175 bits per heavy atom. The molecule has 0 aromatic heterocycles. The minimum absolute atomic E-state index is 0. The van der Waals surface area contributed by atoms with E-state index in [0.717, 1.165) is 0 Å². The molecule has 171 valence electrons. The third kappa shape index (κ3) is 399. The Bertz CT molecular complexity index is 0. The van der Waals surface area contributed by atoms with Crippen molar-refractivity contribution in [3.05, 3.63) is 0 Å². The standard InChI is InChI=1S/57La. The van der Waals surface area contributed by atoms with Gasteiger partial charge in [-0.25, -0.2) is 0 Å². The van der Waals surface area contributed by atoms with Crippen LogP contribution in [-0.4, -0.2) is 0 Å². The molecule has 0 atom stereocenters. The van der Waals surface area contributed by atoms with Crippen LogP contribution < -0.4 is 0 Å². The molecular formula is La57. The summed E-state index contributed by atoms with van der Waals surface area (Å²) in [4.78, 5) is 0. The fourth-order valence-corrected chi connectivity index (χ4v) is 0. The minimum atomic E-state index is 0. The van der Waals surface area contributed by atoms with Crippen LogP contribution in [0.3, 0.4) is 0 Å². The van der Waals surface area contributed by atoms with Gasteiger partial charge in [0.2, 0.25) is 0 Å². The second-order valence-corrected chi connectivity index (χ2v) is 0. The topological polar surface area (TPSA) is 0 Å². The summed E-state index contributed by atoms with van der Waals surface area (Å²) >= 11 is 0. The molecule has 0 unspecified atom stereocenters. The van der Waals surface area contributed by atoms with Crippen LogP contribution in [-0.2, 0) is 0 Å². The van der Waals surface area contributed by atoms with Crippen molar-refractivity contribution in [3.8, 4) is 0 Å². The molecule has 0 aliphatic heterocycles. The van der Waals surface area contributed by atoms with Gasteiger partial charge in [-0.1, -0.05) is 0 Å². The van der Waals surface area contributed by atoms with Gasteiger partial charge in [-0.2, -0.15) is 0 Å². The zero-order valence-corrected chi connectivity index (χ0v) is 240. The van der Waals surface area contributed by atoms with Crippen LogP contribution in [0.1, 0.15) is 0 Å². The van der Waals surface area contributed by atoms with Crippen molar-refractivity contribution in [2.45, 2.75) is 0 Å². The zero-order chi connectivity index (χ0) is 0. The molecule has 57 radical (unpaired) electrons. The molecule has 0 aromatic carbocycles. The first-order chi connectivity index (χ1) is 0. The summed E-state index contributed by atoms with van der Waals surface area (Å²) in [5.74, 6) is 0. The van der Waals surface area contributed by atoms with Gasteiger partial charge in [-0.05, 0) is 0 Å². The van der Waals surface area contributed by atoms with Crippen LogP contribution in [0.5, 0.6) is 0 Å². The smallest absolute Gasteiger partial charge is 0 e. The van der Waals surface area contributed by atoms with E-state index in [1.54, 1.807) is 0 Å². The predicted octanol–water partition coefficient (Wildman–Crippen LogP) is 0. The van der Waals surface area contributed by atoms with E-state index >= 15 is 0 Å². The summed E-state index contributed by atoms with van der Waals surface area (Å²) < 4.78 is 0. The molecule has 0 rings (SSSR count). The van der Waals surface area contributed by atoms with Crippen LogP contribution in [0.25, 0.3) is 0 Å². The molecule has 0 bridgehead atoms. The van der Waals surface area contributed by atoms with Crippen molar-refractivity contribution in [3.63, 3.8) is 0 Å². The van der Waals surface area contributed by atoms with Crippen LogP contribution in [0.15, 0.2) is 0 Å². The average molecular weight is 7920 g/mol. The maximum absolute atomic E-state index is 0. The average Bonchev–Trinajstić information content (AvgIpc) is 0. The Hall–Kier alpha value is 68.1. The van der Waals surface area contributed by atoms with Gasteiger partial charge in [0, 0.05) is 2030 Å². The summed E-state index contributed by atoms with van der Waals surface area (Å²) in [5.41, 5.74) is 0. The van der Waals surface area contributed by atoms with Gasteiger partial charge in [0.25, 0.3) is 0 Å². The molecule has 0 aliphatic rings. The second kappa shape index (κ2) is 405. The first-order valence-corrected chi connectivity index (χ1v) is 0. The molecule has 0 heterocycles. The fraction of sp³-hybridized carbons (Fsp3) is 0. The third-order valence-electron chi connectivity index (χ3n) is 0. The van der Waals surface area contributed by atoms with E-state index in [1.165, 1.54) is 0 Å². The van der Waals surface area contributed by atoms with E-state index in [-0.39, 0.29) is 2030 Å². The molecule has 0 saturated carbocycles. The molecule has 0 aliphatic carbocycles. The van der Waals surface area contributed by atoms with E-state index in [2.05, 4.69) is 0 Å². The molecule has 0 N–H and O–H groups in total. The predicted molar refractivity (Wildman–Crippen MR) is 0 cm³/mol. The fourth-order valence-electron chi connectivity index (χ4n) is 0. The third-order valence-corrected chi connectivity index (χ3v) is 0. The van der Waals surface area contributed by atoms with Crippen molar-refractivity contribution in [2.24, 2.45) is 0 Å². The van der Waals surface area contributed by atoms with Gasteiger partial charge in [-0.3, -0.25) is 0 Å². The van der Waals surface area contributed by atoms with E-state index < -0.39 is 0 Å². The van der Waals surface area contributed by atoms with Gasteiger partial charge in [0.1, 0.15) is 0 Å². The van der Waals surface area contributed by atoms with E-state index in [4.69, 9.17) is 0 Å². The largest absolute Gasteiger partial charge is 0 e. The van der Waals surface area contributed by atoms with Crippen LogP contribution in [0.2, 0.25) is 0 Å². The zero-order valence-electron chi connectivity index (χ0n) is 32.9. The number of rotatable bonds is 0. The van der Waals surface area contributed by atoms with E-state index in [0.29, 0.717) is 0 Å². The molecule has 0 spiro atoms. The molecular weight excluding hydrogens is 7920 g/mol. The van der Waals surface area contributed by atoms with E-state index in [9.17, 15) is 0 Å². The Balaban J connectivity index is 0. The number of hydrogen-bond donors (Lipinski definition) is 0. The molecule has 0 fully saturated rings. The van der Waals surface area contributed by atoms with Crippen molar-refractivity contribution in [1.29, 1.82) is 0 Å². The molecule has 0 nitrogen and oxygen atoms in total. The van der Waals surface area contributed by atoms with Gasteiger partial charge in [0.15, 0.2) is 0 Å². The van der Waals surface area contributed by atoms with Crippen molar-refractivity contribution >= 4 is 0 Å². The van der Waals surface area contributed by atoms with Crippen LogP contribution in [0.4, 0.5) is 0 Å². The summed E-state index contributed by atoms with van der Waals surface area (Å²) in [6, 6.07) is 0. The SMILES string of the molecule is [La].[La].[La].[La].[La].[La].[La].[La].[La].[La].[La].[La].[La].[La].[La].[La].[La].[La].[La].[La].[La].[La].[La].[La].[La].[La].[La].[La].[La].[La].[La].[La].[La].[La].[La].[La].[La].[La].[La].[La].[La].[La].[La].[La].[La].[La].[La].[La].[La].[La].[La].[La].[La].[La].[La].[La].[La]. The van der Waals surface area contributed by atoms with Crippen molar-refractivity contribution < 1.29 is 2030 Å². The Kier molecular flexibility index (Phi) is 2960. The monoisotopic (exact) mass is 7920 g/mol. The molecule has 57 heteroatoms. The van der Waals surface area contributed by atoms with Gasteiger partial charge in [-0.15, -0.1) is 0 Å². The summed E-state index contributed by atoms with van der Waals surface area (Å²) in [6.07, 6.45) is 0. The van der Waals surface area contributed by atoms with Gasteiger partial charge < -0.3 is 0 Å². The Labute approximate surface area is 1950 Å². The Morgan fingerprint density at radius 2 is 0.0175 bits per heavy atom. The molecule has 0 aromatic rings. The van der Waals surface area contributed by atoms with Gasteiger partial charge >= 0.3 is 0 Å². The summed E-state index contributed by atoms with van der Waals surface area (Å²) in [6.45, 7) is 0. The van der Waals surface area contributed by atoms with Crippen molar-refractivity contribution in [1.82, 2.24) is 0 Å². The normalized spacial score (nSPS) is 0. The number of hydrogen-bond acceptors (Lipinski definition) is 0. The molecule has 57 heavy (non-hydrogen) atoms. The summed E-state index contributed by atoms with van der Waals surface area (Å²) in [5, 5.41) is 0. The van der Waals surface area contributed by atoms with Crippen LogP contribution in [0, 0.1) is 2030 Å². The molecule has 0 saturated heterocycles. The quantitative estimate of drug-likeness (QED) is 0.321. The summed E-state index contributed by atoms with van der Waals surface area (Å²) in [7, 11) is 0. The second-order valence-electron chi connectivity index (χ2n) is 0. The maximum atomic E-state index is 0. The first kappa shape index (κ1) is 415. The van der Waals surface area contributed by atoms with Gasteiger partial charge in [0.05, 0.1) is 0 Å².